The van der Waals surface area contributed by atoms with Gasteiger partial charge < -0.3 is 5.53 Å². The number of nitrogens with zero attached hydrogens (tertiary/aromatic N) is 2. The smallest absolute Gasteiger partial charge is 0.323 e. The fourth-order valence-corrected chi connectivity index (χ4v) is 2.41. The maximum Gasteiger partial charge on any atom is 0.323 e. The summed E-state index contributed by atoms with van der Waals surface area (Å²) in [6.07, 6.45) is 2.15. The van der Waals surface area contributed by atoms with Gasteiger partial charge in [0.25, 0.3) is 0 Å². The highest BCUT2D eigenvalue weighted by molar-refractivity contribution is 6.25. The fourth-order valence-electron chi connectivity index (χ4n) is 2.41. The molecule has 0 aromatic rings. The highest BCUT2D eigenvalue weighted by Crippen LogP contribution is 2.52. The number of rotatable bonds is 3. The molecule has 0 aromatic carbocycles. The van der Waals surface area contributed by atoms with Gasteiger partial charge in [0, 0.05) is 23.7 Å². The third kappa shape index (κ3) is 2.13. The third-order valence-electron chi connectivity index (χ3n) is 4.24. The van der Waals surface area contributed by atoms with Gasteiger partial charge in [0.1, 0.15) is 5.78 Å². The summed E-state index contributed by atoms with van der Waals surface area (Å²) in [5.41, 5.74) is 8.10. The minimum atomic E-state index is -0.610. The lowest BCUT2D eigenvalue weighted by Gasteiger charge is -2.47. The Hall–Kier alpha value is -1.54. The maximum absolute atomic E-state index is 12.0. The molecule has 1 atom stereocenters. The summed E-state index contributed by atoms with van der Waals surface area (Å²) in [6, 6.07) is 0. The molecule has 1 fully saturated rings. The van der Waals surface area contributed by atoms with Crippen LogP contribution in [-0.2, 0) is 9.59 Å². The Balaban J connectivity index is 3.12. The molecule has 1 aliphatic carbocycles. The van der Waals surface area contributed by atoms with Gasteiger partial charge in [0.2, 0.25) is 5.78 Å². The van der Waals surface area contributed by atoms with Gasteiger partial charge in [-0.1, -0.05) is 32.9 Å². The predicted molar refractivity (Wildman–Crippen MR) is 64.6 cm³/mol. The number of allylic oxidation sites excluding steroid dienone is 1. The quantitative estimate of drug-likeness (QED) is 0.325. The molecule has 4 nitrogen and oxygen atoms in total. The van der Waals surface area contributed by atoms with Crippen LogP contribution in [0.4, 0.5) is 0 Å². The molecule has 1 rings (SSSR count). The first-order chi connectivity index (χ1) is 7.75. The van der Waals surface area contributed by atoms with Crippen LogP contribution in [-0.4, -0.2) is 22.6 Å². The van der Waals surface area contributed by atoms with E-state index in [-0.39, 0.29) is 18.0 Å². The molecule has 0 spiro atoms. The van der Waals surface area contributed by atoms with Crippen molar-refractivity contribution < 1.29 is 14.4 Å². The van der Waals surface area contributed by atoms with Gasteiger partial charge in [0.05, 0.1) is 0 Å². The molecular formula is C13H18N2O2. The highest BCUT2D eigenvalue weighted by atomic mass is 16.1. The SMILES string of the molecule is C=C1CCC(=O)C(C)(C)[C@@]1(C)CC(=O)C=[N+]=[N-]. The molecule has 0 bridgehead atoms. The molecule has 0 unspecified atom stereocenters. The summed E-state index contributed by atoms with van der Waals surface area (Å²) in [6.45, 7) is 9.58. The second-order valence-corrected chi connectivity index (χ2v) is 5.37. The maximum atomic E-state index is 12.0. The zero-order chi connectivity index (χ0) is 13.3. The number of hydrogen-bond acceptors (Lipinski definition) is 2. The van der Waals surface area contributed by atoms with Gasteiger partial charge in [-0.25, -0.2) is 0 Å². The van der Waals surface area contributed by atoms with Crippen LogP contribution < -0.4 is 0 Å². The van der Waals surface area contributed by atoms with Crippen LogP contribution in [0.1, 0.15) is 40.0 Å². The van der Waals surface area contributed by atoms with E-state index in [0.717, 1.165) is 11.8 Å². The fraction of sp³-hybridized carbons (Fsp3) is 0.615. The van der Waals surface area contributed by atoms with Crippen LogP contribution in [0.5, 0.6) is 0 Å². The van der Waals surface area contributed by atoms with Crippen molar-refractivity contribution in [3.05, 3.63) is 17.7 Å². The zero-order valence-electron chi connectivity index (χ0n) is 10.6. The normalized spacial score (nSPS) is 27.5. The van der Waals surface area contributed by atoms with Crippen LogP contribution in [0.2, 0.25) is 0 Å². The van der Waals surface area contributed by atoms with Gasteiger partial charge in [-0.2, -0.15) is 4.79 Å². The minimum Gasteiger partial charge on any atom is -0.361 e. The Labute approximate surface area is 101 Å². The number of hydrogen-bond donors (Lipinski definition) is 0. The summed E-state index contributed by atoms with van der Waals surface area (Å²) < 4.78 is 0. The van der Waals surface area contributed by atoms with Gasteiger partial charge in [-0.15, -0.1) is 0 Å². The van der Waals surface area contributed by atoms with E-state index in [1.807, 2.05) is 20.8 Å². The first-order valence-corrected chi connectivity index (χ1v) is 5.67. The van der Waals surface area contributed by atoms with E-state index in [4.69, 9.17) is 5.53 Å². The predicted octanol–water partition coefficient (Wildman–Crippen LogP) is 2.20. The zero-order valence-corrected chi connectivity index (χ0v) is 10.6. The Morgan fingerprint density at radius 3 is 2.59 bits per heavy atom. The highest BCUT2D eigenvalue weighted by Gasteiger charge is 2.51. The first-order valence-electron chi connectivity index (χ1n) is 5.67. The second-order valence-electron chi connectivity index (χ2n) is 5.37. The Morgan fingerprint density at radius 2 is 2.06 bits per heavy atom. The molecule has 0 radical (unpaired) electrons. The first kappa shape index (κ1) is 13.5. The molecule has 0 heterocycles. The summed E-state index contributed by atoms with van der Waals surface area (Å²) in [7, 11) is 0. The van der Waals surface area contributed by atoms with Crippen LogP contribution in [0.15, 0.2) is 12.2 Å². The van der Waals surface area contributed by atoms with Crippen LogP contribution in [0.3, 0.4) is 0 Å². The lowest BCUT2D eigenvalue weighted by atomic mass is 9.54. The van der Waals surface area contributed by atoms with Crippen LogP contribution >= 0.6 is 0 Å². The van der Waals surface area contributed by atoms with E-state index in [1.54, 1.807) is 0 Å². The molecule has 1 aliphatic rings. The van der Waals surface area contributed by atoms with Gasteiger partial charge >= 0.3 is 6.21 Å². The standard InChI is InChI=1S/C13H18N2O2/c1-9-5-6-11(17)12(2,3)13(9,4)7-10(16)8-15-14/h8H,1,5-7H2,2-4H3/t13-/m0/s1. The van der Waals surface area contributed by atoms with E-state index in [9.17, 15) is 9.59 Å². The van der Waals surface area contributed by atoms with Crippen molar-refractivity contribution >= 4 is 17.8 Å². The molecule has 4 heteroatoms. The Bertz CT molecular complexity index is 431. The van der Waals surface area contributed by atoms with Crippen LogP contribution in [0, 0.1) is 10.8 Å². The molecule has 0 aliphatic heterocycles. The van der Waals surface area contributed by atoms with Crippen molar-refractivity contribution in [3.63, 3.8) is 0 Å². The van der Waals surface area contributed by atoms with E-state index in [1.165, 1.54) is 0 Å². The topological polar surface area (TPSA) is 70.5 Å². The van der Waals surface area contributed by atoms with Crippen molar-refractivity contribution in [1.82, 2.24) is 0 Å². The number of ketones is 2. The van der Waals surface area contributed by atoms with Crippen molar-refractivity contribution in [2.45, 2.75) is 40.0 Å². The average Bonchev–Trinajstić information content (AvgIpc) is 2.23. The van der Waals surface area contributed by atoms with Gasteiger partial charge in [-0.3, -0.25) is 9.59 Å². The second kappa shape index (κ2) is 4.38. The molecule has 0 saturated heterocycles. The van der Waals surface area contributed by atoms with Crippen molar-refractivity contribution in [2.24, 2.45) is 10.8 Å². The van der Waals surface area contributed by atoms with E-state index >= 15 is 0 Å². The molecular weight excluding hydrogens is 216 g/mol. The summed E-state index contributed by atoms with van der Waals surface area (Å²) in [4.78, 5) is 26.3. The van der Waals surface area contributed by atoms with Crippen molar-refractivity contribution in [1.29, 1.82) is 0 Å². The number of carbonyl (C=O) groups excluding carboxylic acids is 2. The van der Waals surface area contributed by atoms with E-state index in [0.29, 0.717) is 12.8 Å². The third-order valence-corrected chi connectivity index (χ3v) is 4.24. The number of carbonyl (C=O) groups is 2. The lowest BCUT2D eigenvalue weighted by Crippen LogP contribution is -2.47. The molecule has 92 valence electrons. The summed E-state index contributed by atoms with van der Waals surface area (Å²) in [5, 5.41) is 0. The molecule has 0 N–H and O–H groups in total. The van der Waals surface area contributed by atoms with E-state index in [2.05, 4.69) is 11.4 Å². The lowest BCUT2D eigenvalue weighted by molar-refractivity contribution is -0.136. The van der Waals surface area contributed by atoms with Crippen molar-refractivity contribution in [3.8, 4) is 0 Å². The Morgan fingerprint density at radius 1 is 1.47 bits per heavy atom. The monoisotopic (exact) mass is 234 g/mol. The van der Waals surface area contributed by atoms with Crippen molar-refractivity contribution in [2.75, 3.05) is 0 Å². The average molecular weight is 234 g/mol. The molecule has 0 amide bonds. The molecule has 0 aromatic heterocycles. The van der Waals surface area contributed by atoms with E-state index < -0.39 is 10.8 Å². The number of Topliss-reactive ketones (excluding diaryl/α,β-unsaturated/α-hetero) is 2. The molecule has 17 heavy (non-hydrogen) atoms. The largest absolute Gasteiger partial charge is 0.361 e. The summed E-state index contributed by atoms with van der Waals surface area (Å²) in [5.74, 6) is -0.139. The van der Waals surface area contributed by atoms with Gasteiger partial charge in [-0.05, 0) is 6.42 Å². The summed E-state index contributed by atoms with van der Waals surface area (Å²) >= 11 is 0. The van der Waals surface area contributed by atoms with Gasteiger partial charge in [0.15, 0.2) is 0 Å². The minimum absolute atomic E-state index is 0.147. The van der Waals surface area contributed by atoms with Crippen LogP contribution in [0.25, 0.3) is 5.53 Å². The molecule has 1 saturated carbocycles. The Kier molecular flexibility index (Phi) is 3.48.